The number of non-ortho nitro benzene ring substituents is 1. The van der Waals surface area contributed by atoms with Crippen molar-refractivity contribution in [1.82, 2.24) is 5.43 Å². The van der Waals surface area contributed by atoms with Crippen molar-refractivity contribution in [3.63, 3.8) is 0 Å². The van der Waals surface area contributed by atoms with Crippen molar-refractivity contribution >= 4 is 35.4 Å². The highest BCUT2D eigenvalue weighted by Gasteiger charge is 2.15. The molecule has 0 aromatic heterocycles. The lowest BCUT2D eigenvalue weighted by Crippen LogP contribution is -2.33. The minimum absolute atomic E-state index is 0.0838. The summed E-state index contributed by atoms with van der Waals surface area (Å²) in [4.78, 5) is 34.8. The number of amides is 1. The number of carbonyl (C=O) groups excluding carboxylic acids is 2. The van der Waals surface area contributed by atoms with Crippen LogP contribution >= 0.6 is 11.6 Å². The molecule has 3 rings (SSSR count). The topological polar surface area (TPSA) is 120 Å². The number of hydrazone groups is 1. The van der Waals surface area contributed by atoms with Crippen LogP contribution in [0.5, 0.6) is 11.5 Å². The van der Waals surface area contributed by atoms with E-state index in [1.807, 2.05) is 0 Å². The molecule has 1 atom stereocenters. The predicted octanol–water partition coefficient (Wildman–Crippen LogP) is 4.39. The summed E-state index contributed by atoms with van der Waals surface area (Å²) in [7, 11) is 0. The minimum Gasteiger partial charge on any atom is -0.481 e. The Kier molecular flexibility index (Phi) is 7.72. The highest BCUT2D eigenvalue weighted by atomic mass is 35.5. The van der Waals surface area contributed by atoms with Crippen LogP contribution in [0.1, 0.15) is 22.8 Å². The Morgan fingerprint density at radius 3 is 2.39 bits per heavy atom. The summed E-state index contributed by atoms with van der Waals surface area (Å²) in [6.07, 6.45) is 0.419. The summed E-state index contributed by atoms with van der Waals surface area (Å²) in [6, 6.07) is 18.3. The molecule has 3 aromatic carbocycles. The zero-order valence-corrected chi connectivity index (χ0v) is 18.1. The van der Waals surface area contributed by atoms with E-state index in [9.17, 15) is 19.7 Å². The predicted molar refractivity (Wildman–Crippen MR) is 122 cm³/mol. The van der Waals surface area contributed by atoms with E-state index in [4.69, 9.17) is 21.1 Å². The van der Waals surface area contributed by atoms with Crippen molar-refractivity contribution in [2.45, 2.75) is 13.0 Å². The van der Waals surface area contributed by atoms with Crippen LogP contribution in [0, 0.1) is 10.1 Å². The van der Waals surface area contributed by atoms with Gasteiger partial charge < -0.3 is 9.47 Å². The Morgan fingerprint density at radius 1 is 1.06 bits per heavy atom. The largest absolute Gasteiger partial charge is 0.481 e. The van der Waals surface area contributed by atoms with Gasteiger partial charge in [-0.3, -0.25) is 14.9 Å². The number of rotatable bonds is 8. The second-order valence-electron chi connectivity index (χ2n) is 6.68. The third-order valence-corrected chi connectivity index (χ3v) is 4.56. The lowest BCUT2D eigenvalue weighted by molar-refractivity contribution is -0.384. The third kappa shape index (κ3) is 6.62. The molecule has 0 aliphatic heterocycles. The van der Waals surface area contributed by atoms with Crippen molar-refractivity contribution < 1.29 is 24.0 Å². The SMILES string of the molecule is CC(Oc1ccc([N+](=O)[O-])cc1)C(=O)NN=Cc1ccccc1OC(=O)c1ccc(Cl)cc1. The van der Waals surface area contributed by atoms with Gasteiger partial charge in [-0.15, -0.1) is 0 Å². The number of esters is 1. The minimum atomic E-state index is -0.915. The smallest absolute Gasteiger partial charge is 0.343 e. The Morgan fingerprint density at radius 2 is 1.73 bits per heavy atom. The Hall–Kier alpha value is -4.24. The molecule has 1 unspecified atom stereocenters. The molecule has 0 aliphatic carbocycles. The van der Waals surface area contributed by atoms with Gasteiger partial charge in [0.05, 0.1) is 16.7 Å². The molecular formula is C23H18ClN3O6. The fraction of sp³-hybridized carbons (Fsp3) is 0.0870. The third-order valence-electron chi connectivity index (χ3n) is 4.31. The van der Waals surface area contributed by atoms with Crippen molar-refractivity contribution in [3.05, 3.63) is 99.1 Å². The first-order chi connectivity index (χ1) is 15.8. The van der Waals surface area contributed by atoms with Gasteiger partial charge in [0.25, 0.3) is 11.6 Å². The molecule has 0 saturated carbocycles. The van der Waals surface area contributed by atoms with Crippen LogP contribution in [-0.2, 0) is 4.79 Å². The molecule has 0 spiro atoms. The van der Waals surface area contributed by atoms with Crippen LogP contribution in [0.15, 0.2) is 77.9 Å². The van der Waals surface area contributed by atoms with Crippen molar-refractivity contribution in [2.75, 3.05) is 0 Å². The molecule has 0 heterocycles. The number of ether oxygens (including phenoxy) is 2. The van der Waals surface area contributed by atoms with Gasteiger partial charge in [-0.05, 0) is 55.5 Å². The molecule has 1 amide bonds. The number of hydrogen-bond donors (Lipinski definition) is 1. The van der Waals surface area contributed by atoms with E-state index >= 15 is 0 Å². The van der Waals surface area contributed by atoms with Gasteiger partial charge >= 0.3 is 5.97 Å². The summed E-state index contributed by atoms with van der Waals surface area (Å²) in [5.41, 5.74) is 3.05. The van der Waals surface area contributed by atoms with Crippen molar-refractivity contribution in [3.8, 4) is 11.5 Å². The molecule has 168 valence electrons. The van der Waals surface area contributed by atoms with Crippen LogP contribution in [-0.4, -0.2) is 29.1 Å². The molecule has 0 radical (unpaired) electrons. The molecule has 0 saturated heterocycles. The first kappa shape index (κ1) is 23.4. The van der Waals surface area contributed by atoms with E-state index in [2.05, 4.69) is 10.5 Å². The maximum Gasteiger partial charge on any atom is 0.343 e. The van der Waals surface area contributed by atoms with Gasteiger partial charge in [0.15, 0.2) is 6.10 Å². The second kappa shape index (κ2) is 10.9. The van der Waals surface area contributed by atoms with E-state index in [1.54, 1.807) is 48.5 Å². The summed E-state index contributed by atoms with van der Waals surface area (Å²) in [6.45, 7) is 1.51. The maximum absolute atomic E-state index is 12.3. The summed E-state index contributed by atoms with van der Waals surface area (Å²) >= 11 is 5.83. The summed E-state index contributed by atoms with van der Waals surface area (Å²) in [5.74, 6) is -0.556. The van der Waals surface area contributed by atoms with Gasteiger partial charge in [0.1, 0.15) is 11.5 Å². The molecule has 3 aromatic rings. The first-order valence-electron chi connectivity index (χ1n) is 9.64. The number of nitrogens with one attached hydrogen (secondary N) is 1. The lowest BCUT2D eigenvalue weighted by Gasteiger charge is -2.12. The van der Waals surface area contributed by atoms with E-state index in [0.29, 0.717) is 21.9 Å². The fourth-order valence-electron chi connectivity index (χ4n) is 2.59. The van der Waals surface area contributed by atoms with E-state index in [0.717, 1.165) is 0 Å². The number of halogens is 1. The molecule has 0 aliphatic rings. The van der Waals surface area contributed by atoms with Crippen molar-refractivity contribution in [1.29, 1.82) is 0 Å². The van der Waals surface area contributed by atoms with Crippen LogP contribution in [0.2, 0.25) is 5.02 Å². The standard InChI is InChI=1S/C23H18ClN3O6/c1-15(32-20-12-10-19(11-13-20)27(30)31)22(28)26-25-14-17-4-2-3-5-21(17)33-23(29)16-6-8-18(24)9-7-16/h2-15H,1H3,(H,26,28). The molecule has 1 N–H and O–H groups in total. The molecular weight excluding hydrogens is 450 g/mol. The van der Waals surface area contributed by atoms with Gasteiger partial charge in [0.2, 0.25) is 0 Å². The fourth-order valence-corrected chi connectivity index (χ4v) is 2.71. The van der Waals surface area contributed by atoms with E-state index in [1.165, 1.54) is 37.4 Å². The van der Waals surface area contributed by atoms with Gasteiger partial charge in [0, 0.05) is 22.7 Å². The second-order valence-corrected chi connectivity index (χ2v) is 7.12. The first-order valence-corrected chi connectivity index (χ1v) is 10.0. The summed E-state index contributed by atoms with van der Waals surface area (Å²) in [5, 5.41) is 15.1. The number of nitro benzene ring substituents is 1. The lowest BCUT2D eigenvalue weighted by atomic mass is 10.2. The van der Waals surface area contributed by atoms with Crippen LogP contribution in [0.25, 0.3) is 0 Å². The molecule has 33 heavy (non-hydrogen) atoms. The van der Waals surface area contributed by atoms with Crippen LogP contribution in [0.3, 0.4) is 0 Å². The number of nitrogens with zero attached hydrogens (tertiary/aromatic N) is 2. The number of para-hydroxylation sites is 1. The summed E-state index contributed by atoms with van der Waals surface area (Å²) < 4.78 is 10.9. The highest BCUT2D eigenvalue weighted by Crippen LogP contribution is 2.20. The van der Waals surface area contributed by atoms with E-state index < -0.39 is 22.9 Å². The van der Waals surface area contributed by atoms with Crippen LogP contribution in [0.4, 0.5) is 5.69 Å². The monoisotopic (exact) mass is 467 g/mol. The van der Waals surface area contributed by atoms with Gasteiger partial charge in [-0.2, -0.15) is 5.10 Å². The van der Waals surface area contributed by atoms with E-state index in [-0.39, 0.29) is 11.4 Å². The van der Waals surface area contributed by atoms with Gasteiger partial charge in [-0.1, -0.05) is 23.7 Å². The maximum atomic E-state index is 12.3. The Labute approximate surface area is 193 Å². The number of nitro groups is 1. The quantitative estimate of drug-likeness (QED) is 0.172. The van der Waals surface area contributed by atoms with Crippen LogP contribution < -0.4 is 14.9 Å². The normalized spacial score (nSPS) is 11.6. The Bertz CT molecular complexity index is 1180. The number of carbonyl (C=O) groups is 2. The Balaban J connectivity index is 1.59. The molecule has 0 fully saturated rings. The molecule has 10 heteroatoms. The highest BCUT2D eigenvalue weighted by molar-refractivity contribution is 6.30. The average molecular weight is 468 g/mol. The zero-order valence-electron chi connectivity index (χ0n) is 17.3. The number of benzene rings is 3. The molecule has 9 nitrogen and oxygen atoms in total. The zero-order chi connectivity index (χ0) is 23.8. The van der Waals surface area contributed by atoms with Gasteiger partial charge in [-0.25, -0.2) is 10.2 Å². The molecule has 0 bridgehead atoms. The van der Waals surface area contributed by atoms with Crippen molar-refractivity contribution in [2.24, 2.45) is 5.10 Å². The number of hydrogen-bond acceptors (Lipinski definition) is 7. The average Bonchev–Trinajstić information content (AvgIpc) is 2.80.